The smallest absolute Gasteiger partial charge is 0.326 e. The number of amides is 8. The number of guanidine groups is 1. The van der Waals surface area contributed by atoms with E-state index < -0.39 is 127 Å². The predicted octanol–water partition coefficient (Wildman–Crippen LogP) is -4.36. The van der Waals surface area contributed by atoms with Crippen molar-refractivity contribution in [2.45, 2.75) is 115 Å². The van der Waals surface area contributed by atoms with Crippen LogP contribution in [-0.4, -0.2) is 147 Å². The highest BCUT2D eigenvalue weighted by Crippen LogP contribution is 2.20. The van der Waals surface area contributed by atoms with Gasteiger partial charge in [-0.05, 0) is 49.1 Å². The molecule has 376 valence electrons. The van der Waals surface area contributed by atoms with Crippen molar-refractivity contribution in [1.82, 2.24) is 42.2 Å². The van der Waals surface area contributed by atoms with Crippen LogP contribution in [0.2, 0.25) is 0 Å². The molecule has 0 saturated heterocycles. The average molecular weight is 960 g/mol. The molecule has 26 heteroatoms. The zero-order valence-corrected chi connectivity index (χ0v) is 38.3. The van der Waals surface area contributed by atoms with E-state index in [9.17, 15) is 63.3 Å². The van der Waals surface area contributed by atoms with Gasteiger partial charge in [0.1, 0.15) is 42.3 Å². The number of para-hydroxylation sites is 1. The molecule has 0 saturated carbocycles. The van der Waals surface area contributed by atoms with Crippen LogP contribution >= 0.6 is 0 Å². The summed E-state index contributed by atoms with van der Waals surface area (Å²) in [4.78, 5) is 137. The number of aliphatic carboxylic acids is 2. The first-order valence-corrected chi connectivity index (χ1v) is 21.7. The van der Waals surface area contributed by atoms with Crippen molar-refractivity contribution >= 4 is 76.1 Å². The number of aliphatic hydroxyl groups excluding tert-OH is 1. The molecule has 0 unspecified atom stereocenters. The van der Waals surface area contributed by atoms with E-state index in [1.807, 2.05) is 0 Å². The van der Waals surface area contributed by atoms with Gasteiger partial charge in [0, 0.05) is 36.5 Å². The fourth-order valence-corrected chi connectivity index (χ4v) is 6.72. The first-order chi connectivity index (χ1) is 32.0. The molecule has 68 heavy (non-hydrogen) atoms. The van der Waals surface area contributed by atoms with Gasteiger partial charge in [-0.15, -0.1) is 0 Å². The van der Waals surface area contributed by atoms with Gasteiger partial charge >= 0.3 is 11.9 Å². The molecule has 0 fully saturated rings. The molecule has 0 aliphatic rings. The van der Waals surface area contributed by atoms with Crippen LogP contribution in [0.5, 0.6) is 0 Å². The number of hydrogen-bond acceptors (Lipinski definition) is 13. The molecule has 19 N–H and O–H groups in total. The van der Waals surface area contributed by atoms with Gasteiger partial charge in [-0.1, -0.05) is 45.9 Å². The van der Waals surface area contributed by atoms with Crippen LogP contribution in [0.3, 0.4) is 0 Å². The highest BCUT2D eigenvalue weighted by atomic mass is 16.4. The molecule has 1 heterocycles. The first-order valence-electron chi connectivity index (χ1n) is 21.7. The number of aromatic nitrogens is 1. The Bertz CT molecular complexity index is 2140. The second-order valence-electron chi connectivity index (χ2n) is 16.6. The number of nitrogens with one attached hydrogen (secondary N) is 8. The Morgan fingerprint density at radius 3 is 1.79 bits per heavy atom. The Kier molecular flexibility index (Phi) is 23.4. The van der Waals surface area contributed by atoms with E-state index in [0.717, 1.165) is 0 Å². The van der Waals surface area contributed by atoms with Crippen LogP contribution in [0.15, 0.2) is 35.5 Å². The number of carbonyl (C=O) groups is 10. The number of aliphatic imine (C=N–C) groups is 1. The van der Waals surface area contributed by atoms with Crippen molar-refractivity contribution in [3.05, 3.63) is 36.0 Å². The summed E-state index contributed by atoms with van der Waals surface area (Å²) in [6, 6.07) is -3.94. The summed E-state index contributed by atoms with van der Waals surface area (Å²) in [5, 5.41) is 47.2. The Labute approximate surface area is 391 Å². The van der Waals surface area contributed by atoms with E-state index in [1.54, 1.807) is 58.2 Å². The van der Waals surface area contributed by atoms with Gasteiger partial charge in [0.2, 0.25) is 47.3 Å². The van der Waals surface area contributed by atoms with Crippen LogP contribution in [0.1, 0.15) is 71.8 Å². The number of carboxylic acids is 2. The lowest BCUT2D eigenvalue weighted by Gasteiger charge is -2.28. The average Bonchev–Trinajstić information content (AvgIpc) is 3.67. The molecular weight excluding hydrogens is 895 g/mol. The van der Waals surface area contributed by atoms with Crippen LogP contribution in [0.25, 0.3) is 10.9 Å². The van der Waals surface area contributed by atoms with E-state index in [0.29, 0.717) is 16.5 Å². The second kappa shape index (κ2) is 28.0. The van der Waals surface area contributed by atoms with Crippen LogP contribution < -0.4 is 60.2 Å². The minimum atomic E-state index is -1.94. The van der Waals surface area contributed by atoms with E-state index in [2.05, 4.69) is 47.2 Å². The molecule has 26 nitrogen and oxygen atoms in total. The summed E-state index contributed by atoms with van der Waals surface area (Å²) in [5.41, 5.74) is 22.5. The molecule has 2 aromatic rings. The summed E-state index contributed by atoms with van der Waals surface area (Å²) in [7, 11) is 0. The molecule has 0 aliphatic heterocycles. The number of aromatic amines is 1. The SMILES string of the molecule is CC(C)C[C@H](NC(=O)[C@H](CCC(N)=O)NC(=O)[C@@H](NC(=O)CN)C(C)C)C(=O)N[C@@H](CO)C(=O)N[C@@H](CC(=O)O)C(=O)N[C@@H](Cc1c[nH]c2ccccc12)C(=O)N[C@@H](CCCN=C(N)N)C(=O)O. The molecule has 8 amide bonds. The van der Waals surface area contributed by atoms with Gasteiger partial charge in [0.15, 0.2) is 5.96 Å². The topological polar surface area (TPSA) is 448 Å². The van der Waals surface area contributed by atoms with Crippen LogP contribution in [0.4, 0.5) is 0 Å². The van der Waals surface area contributed by atoms with Crippen molar-refractivity contribution < 1.29 is 63.3 Å². The van der Waals surface area contributed by atoms with Crippen molar-refractivity contribution in [3.63, 3.8) is 0 Å². The lowest BCUT2D eigenvalue weighted by atomic mass is 10.0. The number of nitrogens with zero attached hydrogens (tertiary/aromatic N) is 1. The Balaban J connectivity index is 2.37. The molecule has 0 bridgehead atoms. The maximum absolute atomic E-state index is 13.9. The summed E-state index contributed by atoms with van der Waals surface area (Å²) < 4.78 is 0. The Hall–Kier alpha value is -7.35. The minimum absolute atomic E-state index is 0.0486. The number of H-pyrrole nitrogens is 1. The molecule has 0 spiro atoms. The molecular formula is C42H65N13O13. The van der Waals surface area contributed by atoms with Crippen LogP contribution in [0, 0.1) is 11.8 Å². The third kappa shape index (κ3) is 19.2. The summed E-state index contributed by atoms with van der Waals surface area (Å²) in [6.45, 7) is 5.15. The minimum Gasteiger partial charge on any atom is -0.481 e. The van der Waals surface area contributed by atoms with Gasteiger partial charge in [-0.2, -0.15) is 0 Å². The standard InChI is InChI=1S/C42H65N13O13/c1-20(2)14-27(51-35(61)25(11-12-31(44)57)49-40(66)34(21(3)4)55-32(58)17-43)36(62)54-30(19-56)39(65)53-29(16-33(59)60)38(64)52-28(15-22-18-48-24-9-6-5-8-23(22)24)37(63)50-26(41(67)68)10-7-13-47-42(45)46/h5-6,8-9,18,20-21,25-30,34,48,56H,7,10-17,19,43H2,1-4H3,(H2,44,57)(H,49,66)(H,50,63)(H,51,61)(H,52,64)(H,53,65)(H,54,62)(H,55,58)(H,59,60)(H,67,68)(H4,45,46,47)/t25-,26-,27-,28-,29-,30-,34-/m0/s1. The van der Waals surface area contributed by atoms with Crippen molar-refractivity contribution in [2.75, 3.05) is 19.7 Å². The fraction of sp³-hybridized carbons (Fsp3) is 0.548. The van der Waals surface area contributed by atoms with Crippen molar-refractivity contribution in [1.29, 1.82) is 0 Å². The fourth-order valence-electron chi connectivity index (χ4n) is 6.72. The Morgan fingerprint density at radius 2 is 1.22 bits per heavy atom. The quantitative estimate of drug-likeness (QED) is 0.0200. The third-order valence-corrected chi connectivity index (χ3v) is 10.2. The maximum Gasteiger partial charge on any atom is 0.326 e. The predicted molar refractivity (Wildman–Crippen MR) is 244 cm³/mol. The number of carboxylic acid groups (broad SMARTS) is 2. The zero-order valence-electron chi connectivity index (χ0n) is 38.3. The summed E-state index contributed by atoms with van der Waals surface area (Å²) in [5.74, 6) is -11.7. The zero-order chi connectivity index (χ0) is 51.2. The summed E-state index contributed by atoms with van der Waals surface area (Å²) >= 11 is 0. The molecule has 0 aliphatic carbocycles. The van der Waals surface area contributed by atoms with Gasteiger partial charge in [0.05, 0.1) is 19.6 Å². The lowest BCUT2D eigenvalue weighted by Crippen LogP contribution is -2.61. The largest absolute Gasteiger partial charge is 0.481 e. The first kappa shape index (κ1) is 56.8. The number of rotatable bonds is 30. The van der Waals surface area contributed by atoms with E-state index in [4.69, 9.17) is 22.9 Å². The van der Waals surface area contributed by atoms with Gasteiger partial charge < -0.3 is 80.5 Å². The number of aliphatic hydroxyl groups is 1. The number of hydrogen-bond donors (Lipinski definition) is 15. The van der Waals surface area contributed by atoms with E-state index in [-0.39, 0.29) is 56.9 Å². The molecule has 1 aromatic carbocycles. The monoisotopic (exact) mass is 959 g/mol. The molecule has 1 aromatic heterocycles. The summed E-state index contributed by atoms with van der Waals surface area (Å²) in [6.07, 6.45) is -0.502. The molecule has 2 rings (SSSR count). The van der Waals surface area contributed by atoms with Crippen molar-refractivity contribution in [3.8, 4) is 0 Å². The number of benzene rings is 1. The van der Waals surface area contributed by atoms with Crippen molar-refractivity contribution in [2.24, 2.45) is 39.8 Å². The normalized spacial score (nSPS) is 14.2. The van der Waals surface area contributed by atoms with Gasteiger partial charge in [-0.25, -0.2) is 4.79 Å². The van der Waals surface area contributed by atoms with E-state index >= 15 is 0 Å². The number of primary amides is 1. The Morgan fingerprint density at radius 1 is 0.676 bits per heavy atom. The van der Waals surface area contributed by atoms with Crippen LogP contribution in [-0.2, 0) is 54.4 Å². The second-order valence-corrected chi connectivity index (χ2v) is 16.6. The maximum atomic E-state index is 13.9. The van der Waals surface area contributed by atoms with E-state index in [1.165, 1.54) is 0 Å². The molecule has 7 atom stereocenters. The number of carbonyl (C=O) groups excluding carboxylic acids is 8. The van der Waals surface area contributed by atoms with Gasteiger partial charge in [0.25, 0.3) is 0 Å². The number of fused-ring (bicyclic) bond motifs is 1. The molecule has 0 radical (unpaired) electrons. The highest BCUT2D eigenvalue weighted by Gasteiger charge is 2.35. The lowest BCUT2D eigenvalue weighted by molar-refractivity contribution is -0.143. The highest BCUT2D eigenvalue weighted by molar-refractivity contribution is 5.99. The third-order valence-electron chi connectivity index (χ3n) is 10.2. The van der Waals surface area contributed by atoms with Gasteiger partial charge in [-0.3, -0.25) is 48.1 Å². The number of nitrogens with two attached hydrogens (primary N) is 4.